The Morgan fingerprint density at radius 1 is 1.13 bits per heavy atom. The SMILES string of the molecule is CNc1c(C)ccc(O)c1O.OB(O)O. The summed E-state index contributed by atoms with van der Waals surface area (Å²) in [5.74, 6) is -0.188. The van der Waals surface area contributed by atoms with E-state index in [1.807, 2.05) is 6.92 Å². The van der Waals surface area contributed by atoms with Crippen molar-refractivity contribution in [2.24, 2.45) is 0 Å². The molecule has 0 radical (unpaired) electrons. The number of rotatable bonds is 1. The van der Waals surface area contributed by atoms with E-state index in [0.29, 0.717) is 5.69 Å². The van der Waals surface area contributed by atoms with Crippen molar-refractivity contribution in [2.45, 2.75) is 6.92 Å². The Morgan fingerprint density at radius 2 is 1.60 bits per heavy atom. The maximum atomic E-state index is 9.27. The molecule has 0 aromatic heterocycles. The van der Waals surface area contributed by atoms with Crippen LogP contribution in [0.5, 0.6) is 11.5 Å². The second kappa shape index (κ2) is 6.12. The molecule has 0 unspecified atom stereocenters. The number of nitrogens with one attached hydrogen (secondary N) is 1. The van der Waals surface area contributed by atoms with Crippen molar-refractivity contribution < 1.29 is 25.3 Å². The van der Waals surface area contributed by atoms with Crippen molar-refractivity contribution in [1.29, 1.82) is 0 Å². The molecule has 1 rings (SSSR count). The summed E-state index contributed by atoms with van der Waals surface area (Å²) in [6.07, 6.45) is 0. The highest BCUT2D eigenvalue weighted by Crippen LogP contribution is 2.34. The Bertz CT molecular complexity index is 315. The van der Waals surface area contributed by atoms with Gasteiger partial charge < -0.3 is 30.6 Å². The van der Waals surface area contributed by atoms with E-state index in [1.54, 1.807) is 13.1 Å². The molecule has 0 aliphatic rings. The first-order chi connectivity index (χ1) is 6.90. The van der Waals surface area contributed by atoms with E-state index in [2.05, 4.69) is 5.32 Å². The predicted octanol–water partition coefficient (Wildman–Crippen LogP) is -0.604. The molecule has 0 spiro atoms. The summed E-state index contributed by atoms with van der Waals surface area (Å²) in [5.41, 5.74) is 1.48. The molecule has 0 aliphatic heterocycles. The molecule has 0 amide bonds. The van der Waals surface area contributed by atoms with Crippen LogP contribution >= 0.6 is 0 Å². The van der Waals surface area contributed by atoms with Crippen LogP contribution in [0.3, 0.4) is 0 Å². The Balaban J connectivity index is 0.000000423. The van der Waals surface area contributed by atoms with Crippen molar-refractivity contribution in [3.8, 4) is 11.5 Å². The summed E-state index contributed by atoms with van der Waals surface area (Å²) < 4.78 is 0. The monoisotopic (exact) mass is 215 g/mol. The van der Waals surface area contributed by atoms with Gasteiger partial charge in [-0.1, -0.05) is 6.07 Å². The molecule has 0 bridgehead atoms. The number of phenolic OH excluding ortho intramolecular Hbond substituents is 2. The van der Waals surface area contributed by atoms with Crippen LogP contribution in [0.4, 0.5) is 5.69 Å². The summed E-state index contributed by atoms with van der Waals surface area (Å²) in [6.45, 7) is 1.85. The summed E-state index contributed by atoms with van der Waals surface area (Å²) in [4.78, 5) is 0. The maximum Gasteiger partial charge on any atom is 0.631 e. The van der Waals surface area contributed by atoms with Crippen LogP contribution in [0, 0.1) is 6.92 Å². The molecule has 0 aliphatic carbocycles. The van der Waals surface area contributed by atoms with Crippen LogP contribution in [0.2, 0.25) is 0 Å². The van der Waals surface area contributed by atoms with Gasteiger partial charge in [0.1, 0.15) is 0 Å². The molecular weight excluding hydrogens is 201 g/mol. The Labute approximate surface area is 87.6 Å². The zero-order chi connectivity index (χ0) is 12.0. The number of anilines is 1. The first kappa shape index (κ1) is 13.6. The Kier molecular flexibility index (Phi) is 5.54. The number of phenols is 2. The maximum absolute atomic E-state index is 9.27. The highest BCUT2D eigenvalue weighted by atomic mass is 16.5. The smallest absolute Gasteiger partial charge is 0.504 e. The zero-order valence-corrected chi connectivity index (χ0v) is 8.47. The van der Waals surface area contributed by atoms with E-state index in [9.17, 15) is 5.11 Å². The lowest BCUT2D eigenvalue weighted by Gasteiger charge is -2.07. The largest absolute Gasteiger partial charge is 0.631 e. The van der Waals surface area contributed by atoms with E-state index in [0.717, 1.165) is 5.56 Å². The quantitative estimate of drug-likeness (QED) is 0.275. The molecule has 1 aromatic rings. The van der Waals surface area contributed by atoms with Gasteiger partial charge in [-0.15, -0.1) is 0 Å². The molecule has 6 N–H and O–H groups in total. The molecule has 0 saturated carbocycles. The van der Waals surface area contributed by atoms with E-state index in [1.165, 1.54) is 6.07 Å². The average molecular weight is 215 g/mol. The topological polar surface area (TPSA) is 113 Å². The summed E-state index contributed by atoms with van der Waals surface area (Å²) in [6, 6.07) is 3.20. The van der Waals surface area contributed by atoms with Crippen LogP contribution in [0.25, 0.3) is 0 Å². The van der Waals surface area contributed by atoms with Crippen molar-refractivity contribution >= 4 is 13.0 Å². The fourth-order valence-corrected chi connectivity index (χ4v) is 0.997. The molecule has 0 saturated heterocycles. The van der Waals surface area contributed by atoms with Gasteiger partial charge in [-0.3, -0.25) is 0 Å². The lowest BCUT2D eigenvalue weighted by atomic mass is 10.2. The second-order valence-electron chi connectivity index (χ2n) is 2.72. The summed E-state index contributed by atoms with van der Waals surface area (Å²) in [5, 5.41) is 42.6. The Morgan fingerprint density at radius 3 is 1.93 bits per heavy atom. The van der Waals surface area contributed by atoms with Crippen LogP contribution in [-0.4, -0.2) is 39.7 Å². The fourth-order valence-electron chi connectivity index (χ4n) is 0.997. The average Bonchev–Trinajstić information content (AvgIpc) is 2.12. The minimum Gasteiger partial charge on any atom is -0.504 e. The van der Waals surface area contributed by atoms with Crippen LogP contribution in [-0.2, 0) is 0 Å². The van der Waals surface area contributed by atoms with Crippen molar-refractivity contribution in [2.75, 3.05) is 12.4 Å². The molecule has 6 nitrogen and oxygen atoms in total. The van der Waals surface area contributed by atoms with Gasteiger partial charge in [0.25, 0.3) is 0 Å². The third-order valence-corrected chi connectivity index (χ3v) is 1.61. The fraction of sp³-hybridized carbons (Fsp3) is 0.250. The lowest BCUT2D eigenvalue weighted by Crippen LogP contribution is -2.07. The Hall–Kier alpha value is -1.44. The van der Waals surface area contributed by atoms with Gasteiger partial charge in [0.2, 0.25) is 0 Å². The van der Waals surface area contributed by atoms with Crippen LogP contribution in [0.15, 0.2) is 12.1 Å². The highest BCUT2D eigenvalue weighted by molar-refractivity contribution is 6.30. The highest BCUT2D eigenvalue weighted by Gasteiger charge is 2.06. The van der Waals surface area contributed by atoms with Crippen LogP contribution < -0.4 is 5.32 Å². The first-order valence-corrected chi connectivity index (χ1v) is 4.13. The second-order valence-corrected chi connectivity index (χ2v) is 2.72. The van der Waals surface area contributed by atoms with Gasteiger partial charge >= 0.3 is 7.32 Å². The van der Waals surface area contributed by atoms with Gasteiger partial charge in [0, 0.05) is 7.05 Å². The van der Waals surface area contributed by atoms with E-state index in [-0.39, 0.29) is 11.5 Å². The molecule has 0 fully saturated rings. The first-order valence-electron chi connectivity index (χ1n) is 4.13. The molecule has 0 heterocycles. The molecule has 84 valence electrons. The number of benzene rings is 1. The zero-order valence-electron chi connectivity index (χ0n) is 8.47. The standard InChI is InChI=1S/C8H11NO2.BH3O3/c1-5-3-4-6(10)8(11)7(5)9-2;2-1(3)4/h3-4,9-11H,1-2H3;2-4H. The van der Waals surface area contributed by atoms with Gasteiger partial charge in [0.05, 0.1) is 5.69 Å². The lowest BCUT2D eigenvalue weighted by molar-refractivity contribution is 0.278. The summed E-state index contributed by atoms with van der Waals surface area (Å²) in [7, 11) is -0.471. The van der Waals surface area contributed by atoms with Gasteiger partial charge in [-0.05, 0) is 18.6 Å². The number of aryl methyl sites for hydroxylation is 1. The predicted molar refractivity (Wildman–Crippen MR) is 56.5 cm³/mol. The molecular formula is C8H14BNO5. The van der Waals surface area contributed by atoms with Crippen molar-refractivity contribution in [3.63, 3.8) is 0 Å². The van der Waals surface area contributed by atoms with Gasteiger partial charge in [-0.2, -0.15) is 0 Å². The number of hydrogen-bond acceptors (Lipinski definition) is 6. The molecule has 1 aromatic carbocycles. The normalized spacial score (nSPS) is 8.87. The summed E-state index contributed by atoms with van der Waals surface area (Å²) >= 11 is 0. The minimum atomic E-state index is -2.17. The number of hydrogen-bond donors (Lipinski definition) is 6. The van der Waals surface area contributed by atoms with Gasteiger partial charge in [-0.25, -0.2) is 0 Å². The van der Waals surface area contributed by atoms with Gasteiger partial charge in [0.15, 0.2) is 11.5 Å². The molecule has 7 heteroatoms. The van der Waals surface area contributed by atoms with Crippen LogP contribution in [0.1, 0.15) is 5.56 Å². The van der Waals surface area contributed by atoms with E-state index < -0.39 is 7.32 Å². The minimum absolute atomic E-state index is 0.0903. The van der Waals surface area contributed by atoms with E-state index in [4.69, 9.17) is 20.2 Å². The molecule has 0 atom stereocenters. The third kappa shape index (κ3) is 4.55. The van der Waals surface area contributed by atoms with Crippen molar-refractivity contribution in [1.82, 2.24) is 0 Å². The van der Waals surface area contributed by atoms with E-state index >= 15 is 0 Å². The van der Waals surface area contributed by atoms with Crippen molar-refractivity contribution in [3.05, 3.63) is 17.7 Å². The third-order valence-electron chi connectivity index (χ3n) is 1.61. The number of aromatic hydroxyl groups is 2. The molecule has 15 heavy (non-hydrogen) atoms.